The molecule has 7 nitrogen and oxygen atoms in total. The molecule has 2 N–H and O–H groups in total. The molecule has 0 saturated heterocycles. The first-order chi connectivity index (χ1) is 8.60. The Labute approximate surface area is 104 Å². The van der Waals surface area contributed by atoms with Crippen LogP contribution < -0.4 is 5.73 Å². The molecule has 98 valence electrons. The topological polar surface area (TPSA) is 94.8 Å². The zero-order valence-corrected chi connectivity index (χ0v) is 10.3. The SMILES string of the molecule is COCN(COC)C(=O)c1cc(C(N)=O)ccn1. The van der Waals surface area contributed by atoms with Crippen molar-refractivity contribution < 1.29 is 19.1 Å². The Hall–Kier alpha value is -1.99. The lowest BCUT2D eigenvalue weighted by atomic mass is 10.2. The van der Waals surface area contributed by atoms with E-state index in [-0.39, 0.29) is 24.7 Å². The highest BCUT2D eigenvalue weighted by Gasteiger charge is 2.17. The van der Waals surface area contributed by atoms with Crippen molar-refractivity contribution in [1.82, 2.24) is 9.88 Å². The van der Waals surface area contributed by atoms with E-state index in [0.29, 0.717) is 0 Å². The van der Waals surface area contributed by atoms with Crippen molar-refractivity contribution in [1.29, 1.82) is 0 Å². The summed E-state index contributed by atoms with van der Waals surface area (Å²) >= 11 is 0. The summed E-state index contributed by atoms with van der Waals surface area (Å²) in [7, 11) is 2.92. The lowest BCUT2D eigenvalue weighted by Gasteiger charge is -2.20. The van der Waals surface area contributed by atoms with Crippen LogP contribution in [0.3, 0.4) is 0 Å². The van der Waals surface area contributed by atoms with Crippen LogP contribution in [0.2, 0.25) is 0 Å². The number of carbonyl (C=O) groups is 2. The lowest BCUT2D eigenvalue weighted by Crippen LogP contribution is -2.35. The van der Waals surface area contributed by atoms with Gasteiger partial charge < -0.3 is 15.2 Å². The fourth-order valence-corrected chi connectivity index (χ4v) is 1.33. The molecule has 0 bridgehead atoms. The molecular weight excluding hydrogens is 238 g/mol. The van der Waals surface area contributed by atoms with Gasteiger partial charge in [-0.1, -0.05) is 0 Å². The first kappa shape index (κ1) is 14.1. The number of hydrogen-bond acceptors (Lipinski definition) is 5. The van der Waals surface area contributed by atoms with Crippen LogP contribution in [0, 0.1) is 0 Å². The maximum atomic E-state index is 12.1. The number of pyridine rings is 1. The van der Waals surface area contributed by atoms with Crippen LogP contribution in [0.5, 0.6) is 0 Å². The molecule has 1 aromatic heterocycles. The number of carbonyl (C=O) groups excluding carboxylic acids is 2. The van der Waals surface area contributed by atoms with Crippen molar-refractivity contribution in [3.05, 3.63) is 29.6 Å². The molecule has 0 spiro atoms. The maximum absolute atomic E-state index is 12.1. The molecular formula is C11H15N3O4. The summed E-state index contributed by atoms with van der Waals surface area (Å²) in [5.41, 5.74) is 5.47. The van der Waals surface area contributed by atoms with Gasteiger partial charge in [0.25, 0.3) is 5.91 Å². The number of hydrogen-bond donors (Lipinski definition) is 1. The number of nitrogens with zero attached hydrogens (tertiary/aromatic N) is 2. The first-order valence-electron chi connectivity index (χ1n) is 5.13. The number of ether oxygens (including phenoxy) is 2. The Bertz CT molecular complexity index is 430. The van der Waals surface area contributed by atoms with Crippen LogP contribution in [0.25, 0.3) is 0 Å². The molecule has 0 radical (unpaired) electrons. The van der Waals surface area contributed by atoms with Crippen molar-refractivity contribution in [2.75, 3.05) is 27.7 Å². The number of aromatic nitrogens is 1. The summed E-state index contributed by atoms with van der Waals surface area (Å²) in [5.74, 6) is -1.02. The summed E-state index contributed by atoms with van der Waals surface area (Å²) in [5, 5.41) is 0. The summed E-state index contributed by atoms with van der Waals surface area (Å²) in [6, 6.07) is 2.78. The Balaban J connectivity index is 2.93. The second kappa shape index (κ2) is 6.67. The van der Waals surface area contributed by atoms with Gasteiger partial charge in [0, 0.05) is 26.0 Å². The van der Waals surface area contributed by atoms with Crippen molar-refractivity contribution in [2.45, 2.75) is 0 Å². The number of rotatable bonds is 6. The van der Waals surface area contributed by atoms with Gasteiger partial charge >= 0.3 is 0 Å². The zero-order chi connectivity index (χ0) is 13.5. The van der Waals surface area contributed by atoms with Crippen LogP contribution in [0.1, 0.15) is 20.8 Å². The van der Waals surface area contributed by atoms with E-state index >= 15 is 0 Å². The van der Waals surface area contributed by atoms with Gasteiger partial charge in [0.1, 0.15) is 19.2 Å². The van der Waals surface area contributed by atoms with Gasteiger partial charge in [-0.3, -0.25) is 19.5 Å². The zero-order valence-electron chi connectivity index (χ0n) is 10.3. The maximum Gasteiger partial charge on any atom is 0.276 e. The predicted molar refractivity (Wildman–Crippen MR) is 62.7 cm³/mol. The van der Waals surface area contributed by atoms with E-state index in [1.165, 1.54) is 37.4 Å². The first-order valence-corrected chi connectivity index (χ1v) is 5.13. The summed E-state index contributed by atoms with van der Waals surface area (Å²) in [4.78, 5) is 28.3. The van der Waals surface area contributed by atoms with Gasteiger partial charge in [0.2, 0.25) is 5.91 Å². The van der Waals surface area contributed by atoms with Crippen LogP contribution in [-0.2, 0) is 9.47 Å². The van der Waals surface area contributed by atoms with Gasteiger partial charge in [0.15, 0.2) is 0 Å². The molecule has 18 heavy (non-hydrogen) atoms. The van der Waals surface area contributed by atoms with Gasteiger partial charge in [-0.25, -0.2) is 0 Å². The molecule has 0 saturated carbocycles. The minimum absolute atomic E-state index is 0.0646. The van der Waals surface area contributed by atoms with Gasteiger partial charge in [-0.15, -0.1) is 0 Å². The molecule has 0 unspecified atom stereocenters. The third-order valence-electron chi connectivity index (χ3n) is 2.12. The average molecular weight is 253 g/mol. The van der Waals surface area contributed by atoms with E-state index in [1.807, 2.05) is 0 Å². The van der Waals surface area contributed by atoms with Crippen molar-refractivity contribution in [3.63, 3.8) is 0 Å². The number of methoxy groups -OCH3 is 2. The number of nitrogens with two attached hydrogens (primary N) is 1. The predicted octanol–water partition coefficient (Wildman–Crippen LogP) is -0.169. The smallest absolute Gasteiger partial charge is 0.276 e. The molecule has 0 aliphatic rings. The molecule has 0 atom stereocenters. The standard InChI is InChI=1S/C11H15N3O4/c1-17-6-14(7-18-2)11(16)9-5-8(10(12)15)3-4-13-9/h3-5H,6-7H2,1-2H3,(H2,12,15). The van der Waals surface area contributed by atoms with Crippen LogP contribution in [0.4, 0.5) is 0 Å². The van der Waals surface area contributed by atoms with E-state index in [1.54, 1.807) is 0 Å². The van der Waals surface area contributed by atoms with Crippen molar-refractivity contribution in [2.24, 2.45) is 5.73 Å². The monoisotopic (exact) mass is 253 g/mol. The molecule has 2 amide bonds. The fraction of sp³-hybridized carbons (Fsp3) is 0.364. The van der Waals surface area contributed by atoms with Gasteiger partial charge in [0.05, 0.1) is 0 Å². The third-order valence-corrected chi connectivity index (χ3v) is 2.12. The molecule has 7 heteroatoms. The molecule has 1 heterocycles. The number of amides is 2. The highest BCUT2D eigenvalue weighted by Crippen LogP contribution is 2.05. The highest BCUT2D eigenvalue weighted by molar-refractivity contribution is 5.97. The van der Waals surface area contributed by atoms with Crippen molar-refractivity contribution >= 4 is 11.8 Å². The third kappa shape index (κ3) is 3.51. The van der Waals surface area contributed by atoms with Gasteiger partial charge in [-0.2, -0.15) is 0 Å². The van der Waals surface area contributed by atoms with E-state index in [4.69, 9.17) is 15.2 Å². The Kier molecular flexibility index (Phi) is 5.22. The van der Waals surface area contributed by atoms with Crippen LogP contribution >= 0.6 is 0 Å². The second-order valence-electron chi connectivity index (χ2n) is 3.47. The van der Waals surface area contributed by atoms with E-state index in [9.17, 15) is 9.59 Å². The summed E-state index contributed by atoms with van der Waals surface area (Å²) in [6.45, 7) is 0.129. The van der Waals surface area contributed by atoms with Crippen LogP contribution in [0.15, 0.2) is 18.3 Å². The van der Waals surface area contributed by atoms with Gasteiger partial charge in [-0.05, 0) is 12.1 Å². The molecule has 0 fully saturated rings. The van der Waals surface area contributed by atoms with E-state index in [2.05, 4.69) is 4.98 Å². The Morgan fingerprint density at radius 3 is 2.44 bits per heavy atom. The summed E-state index contributed by atoms with van der Waals surface area (Å²) < 4.78 is 9.77. The van der Waals surface area contributed by atoms with E-state index in [0.717, 1.165) is 0 Å². The quantitative estimate of drug-likeness (QED) is 0.710. The fourth-order valence-electron chi connectivity index (χ4n) is 1.33. The molecule has 1 aromatic rings. The molecule has 0 aliphatic carbocycles. The summed E-state index contributed by atoms with van der Waals surface area (Å²) in [6.07, 6.45) is 1.35. The average Bonchev–Trinajstić information content (AvgIpc) is 2.38. The minimum Gasteiger partial charge on any atom is -0.366 e. The highest BCUT2D eigenvalue weighted by atomic mass is 16.5. The lowest BCUT2D eigenvalue weighted by molar-refractivity contribution is -0.00517. The second-order valence-corrected chi connectivity index (χ2v) is 3.47. The molecule has 0 aromatic carbocycles. The normalized spacial score (nSPS) is 10.1. The van der Waals surface area contributed by atoms with Crippen LogP contribution in [-0.4, -0.2) is 49.4 Å². The number of primary amides is 1. The molecule has 0 aliphatic heterocycles. The Morgan fingerprint density at radius 2 is 1.94 bits per heavy atom. The van der Waals surface area contributed by atoms with E-state index < -0.39 is 11.8 Å². The molecule has 1 rings (SSSR count). The van der Waals surface area contributed by atoms with Crippen molar-refractivity contribution in [3.8, 4) is 0 Å². The Morgan fingerprint density at radius 1 is 1.33 bits per heavy atom. The minimum atomic E-state index is -0.614. The largest absolute Gasteiger partial charge is 0.366 e.